The molecule has 0 amide bonds. The molecule has 140 valence electrons. The fraction of sp³-hybridized carbons (Fsp3) is 0.211. The highest BCUT2D eigenvalue weighted by Crippen LogP contribution is 2.37. The quantitative estimate of drug-likeness (QED) is 0.496. The second-order valence-corrected chi connectivity index (χ2v) is 6.00. The summed E-state index contributed by atoms with van der Waals surface area (Å²) in [7, 11) is 4.71. The molecule has 1 heterocycles. The van der Waals surface area contributed by atoms with Gasteiger partial charge >= 0.3 is 0 Å². The van der Waals surface area contributed by atoms with E-state index in [2.05, 4.69) is 15.2 Å². The van der Waals surface area contributed by atoms with Gasteiger partial charge in [-0.2, -0.15) is 0 Å². The summed E-state index contributed by atoms with van der Waals surface area (Å²) >= 11 is 5.33. The largest absolute Gasteiger partial charge is 0.493 e. The van der Waals surface area contributed by atoms with Crippen LogP contribution < -0.4 is 14.2 Å². The number of nitrogens with zero attached hydrogens (tertiary/aromatic N) is 3. The summed E-state index contributed by atoms with van der Waals surface area (Å²) in [6, 6.07) is 13.6. The molecule has 0 aliphatic carbocycles. The lowest BCUT2D eigenvalue weighted by Crippen LogP contribution is -2.00. The van der Waals surface area contributed by atoms with Crippen LogP contribution in [-0.4, -0.2) is 42.3 Å². The van der Waals surface area contributed by atoms with Gasteiger partial charge in [-0.15, -0.1) is 5.10 Å². The van der Waals surface area contributed by atoms with E-state index in [1.54, 1.807) is 27.5 Å². The van der Waals surface area contributed by atoms with Crippen LogP contribution in [0, 0.1) is 4.77 Å². The number of H-pyrrole nitrogens is 1. The zero-order valence-electron chi connectivity index (χ0n) is 15.3. The van der Waals surface area contributed by atoms with Crippen molar-refractivity contribution in [2.75, 3.05) is 21.3 Å². The molecule has 3 rings (SSSR count). The number of ether oxygens (including phenoxy) is 3. The van der Waals surface area contributed by atoms with Crippen LogP contribution in [0.4, 0.5) is 5.95 Å². The van der Waals surface area contributed by atoms with Crippen molar-refractivity contribution in [2.24, 2.45) is 4.99 Å². The van der Waals surface area contributed by atoms with Gasteiger partial charge in [0.1, 0.15) is 0 Å². The van der Waals surface area contributed by atoms with E-state index in [0.717, 1.165) is 11.1 Å². The minimum Gasteiger partial charge on any atom is -0.493 e. The number of rotatable bonds is 7. The van der Waals surface area contributed by atoms with Crippen molar-refractivity contribution in [3.8, 4) is 17.2 Å². The SMILES string of the molecule is COc1cc(C=Nc2n[nH]c(=S)n2Cc2ccccc2)cc(OC)c1OC. The summed E-state index contributed by atoms with van der Waals surface area (Å²) < 4.78 is 18.4. The minimum atomic E-state index is 0.484. The average Bonchev–Trinajstić information content (AvgIpc) is 3.05. The van der Waals surface area contributed by atoms with Gasteiger partial charge in [-0.3, -0.25) is 4.57 Å². The topological polar surface area (TPSA) is 73.7 Å². The number of aliphatic imine (C=N–C) groups is 1. The first-order valence-electron chi connectivity index (χ1n) is 8.19. The van der Waals surface area contributed by atoms with Gasteiger partial charge in [0.15, 0.2) is 16.3 Å². The third-order valence-electron chi connectivity index (χ3n) is 3.94. The zero-order chi connectivity index (χ0) is 19.2. The van der Waals surface area contributed by atoms with E-state index in [-0.39, 0.29) is 0 Å². The van der Waals surface area contributed by atoms with Crippen molar-refractivity contribution in [3.63, 3.8) is 0 Å². The maximum atomic E-state index is 5.37. The first-order valence-corrected chi connectivity index (χ1v) is 8.60. The molecule has 27 heavy (non-hydrogen) atoms. The number of methoxy groups -OCH3 is 3. The first kappa shape index (κ1) is 18.7. The predicted molar refractivity (Wildman–Crippen MR) is 106 cm³/mol. The smallest absolute Gasteiger partial charge is 0.249 e. The van der Waals surface area contributed by atoms with Gasteiger partial charge in [0.25, 0.3) is 0 Å². The molecule has 0 fully saturated rings. The van der Waals surface area contributed by atoms with Gasteiger partial charge in [-0.25, -0.2) is 10.1 Å². The molecule has 0 spiro atoms. The number of hydrogen-bond donors (Lipinski definition) is 1. The van der Waals surface area contributed by atoms with E-state index >= 15 is 0 Å². The van der Waals surface area contributed by atoms with Gasteiger partial charge in [0.2, 0.25) is 11.7 Å². The summed E-state index contributed by atoms with van der Waals surface area (Å²) in [4.78, 5) is 4.48. The summed E-state index contributed by atoms with van der Waals surface area (Å²) in [6.07, 6.45) is 1.68. The first-order chi connectivity index (χ1) is 13.2. The highest BCUT2D eigenvalue weighted by Gasteiger charge is 2.12. The maximum Gasteiger partial charge on any atom is 0.249 e. The molecule has 0 aliphatic heterocycles. The maximum absolute atomic E-state index is 5.37. The highest BCUT2D eigenvalue weighted by atomic mass is 32.1. The number of benzene rings is 2. The number of hydrogen-bond acceptors (Lipinski definition) is 6. The van der Waals surface area contributed by atoms with Crippen molar-refractivity contribution in [3.05, 3.63) is 58.4 Å². The molecule has 1 N–H and O–H groups in total. The van der Waals surface area contributed by atoms with Crippen molar-refractivity contribution < 1.29 is 14.2 Å². The molecule has 1 aromatic heterocycles. The number of aromatic amines is 1. The lowest BCUT2D eigenvalue weighted by molar-refractivity contribution is 0.324. The highest BCUT2D eigenvalue weighted by molar-refractivity contribution is 7.71. The lowest BCUT2D eigenvalue weighted by Gasteiger charge is -2.12. The average molecular weight is 384 g/mol. The normalized spacial score (nSPS) is 10.9. The molecule has 0 atom stereocenters. The van der Waals surface area contributed by atoms with Crippen molar-refractivity contribution >= 4 is 24.4 Å². The van der Waals surface area contributed by atoms with Crippen LogP contribution >= 0.6 is 12.2 Å². The van der Waals surface area contributed by atoms with Crippen LogP contribution in [-0.2, 0) is 6.54 Å². The van der Waals surface area contributed by atoms with Gasteiger partial charge in [-0.1, -0.05) is 30.3 Å². The second-order valence-electron chi connectivity index (χ2n) is 5.62. The van der Waals surface area contributed by atoms with E-state index in [1.807, 2.05) is 47.0 Å². The third kappa shape index (κ3) is 4.17. The molecule has 0 aliphatic rings. The molecule has 0 unspecified atom stereocenters. The molecule has 8 heteroatoms. The van der Waals surface area contributed by atoms with Crippen LogP contribution in [0.5, 0.6) is 17.2 Å². The summed E-state index contributed by atoms with van der Waals surface area (Å²) in [5.41, 5.74) is 1.89. The molecule has 0 saturated heterocycles. The summed E-state index contributed by atoms with van der Waals surface area (Å²) in [6.45, 7) is 0.581. The Bertz CT molecular complexity index is 971. The van der Waals surface area contributed by atoms with E-state index < -0.39 is 0 Å². The molecule has 0 bridgehead atoms. The molecule has 7 nitrogen and oxygen atoms in total. The monoisotopic (exact) mass is 384 g/mol. The van der Waals surface area contributed by atoms with Crippen LogP contribution in [0.2, 0.25) is 0 Å². The van der Waals surface area contributed by atoms with Gasteiger partial charge in [-0.05, 0) is 29.9 Å². The number of nitrogens with one attached hydrogen (secondary N) is 1. The van der Waals surface area contributed by atoms with E-state index in [4.69, 9.17) is 26.4 Å². The molecular weight excluding hydrogens is 364 g/mol. The fourth-order valence-electron chi connectivity index (χ4n) is 2.62. The van der Waals surface area contributed by atoms with Crippen molar-refractivity contribution in [1.29, 1.82) is 0 Å². The van der Waals surface area contributed by atoms with E-state index in [1.165, 1.54) is 0 Å². The van der Waals surface area contributed by atoms with Crippen molar-refractivity contribution in [1.82, 2.24) is 14.8 Å². The fourth-order valence-corrected chi connectivity index (χ4v) is 2.82. The van der Waals surface area contributed by atoms with Gasteiger partial charge in [0, 0.05) is 11.8 Å². The summed E-state index contributed by atoms with van der Waals surface area (Å²) in [5, 5.41) is 7.00. The summed E-state index contributed by atoms with van der Waals surface area (Å²) in [5.74, 6) is 2.13. The van der Waals surface area contributed by atoms with Crippen LogP contribution in [0.25, 0.3) is 0 Å². The Labute approximate surface area is 162 Å². The number of aromatic nitrogens is 3. The standard InChI is InChI=1S/C19H20N4O3S/c1-24-15-9-14(10-16(25-2)17(15)26-3)11-20-18-21-22-19(27)23(18)12-13-7-5-4-6-8-13/h4-11H,12H2,1-3H3,(H,22,27). The van der Waals surface area contributed by atoms with Crippen molar-refractivity contribution in [2.45, 2.75) is 6.54 Å². The Morgan fingerprint density at radius 3 is 2.33 bits per heavy atom. The van der Waals surface area contributed by atoms with Crippen LogP contribution in [0.1, 0.15) is 11.1 Å². The molecule has 0 saturated carbocycles. The molecule has 2 aromatic carbocycles. The van der Waals surface area contributed by atoms with Crippen LogP contribution in [0.3, 0.4) is 0 Å². The van der Waals surface area contributed by atoms with E-state index in [0.29, 0.717) is 34.5 Å². The van der Waals surface area contributed by atoms with Gasteiger partial charge in [0.05, 0.1) is 27.9 Å². The zero-order valence-corrected chi connectivity index (χ0v) is 16.1. The Balaban J connectivity index is 1.92. The second kappa shape index (κ2) is 8.50. The molecule has 3 aromatic rings. The van der Waals surface area contributed by atoms with Gasteiger partial charge < -0.3 is 14.2 Å². The Morgan fingerprint density at radius 2 is 1.74 bits per heavy atom. The Morgan fingerprint density at radius 1 is 1.07 bits per heavy atom. The molecular formula is C19H20N4O3S. The Kier molecular flexibility index (Phi) is 5.87. The van der Waals surface area contributed by atoms with E-state index in [9.17, 15) is 0 Å². The third-order valence-corrected chi connectivity index (χ3v) is 4.25. The molecule has 0 radical (unpaired) electrons. The van der Waals surface area contributed by atoms with Crippen LogP contribution in [0.15, 0.2) is 47.5 Å². The minimum absolute atomic E-state index is 0.484. The predicted octanol–water partition coefficient (Wildman–Crippen LogP) is 3.77. The lowest BCUT2D eigenvalue weighted by atomic mass is 10.2. The Hall–Kier alpha value is -3.13.